The number of nitrogens with zero attached hydrogens (tertiary/aromatic N) is 2. The number of benzene rings is 1. The molecule has 0 radical (unpaired) electrons. The van der Waals surface area contributed by atoms with Crippen LogP contribution in [-0.2, 0) is 4.79 Å². The summed E-state index contributed by atoms with van der Waals surface area (Å²) >= 11 is 6.32. The lowest BCUT2D eigenvalue weighted by atomic mass is 10.2. The molecule has 0 spiro atoms. The maximum absolute atomic E-state index is 11.4. The number of nitrogens with one attached hydrogen (secondary N) is 1. The third kappa shape index (κ3) is 3.88. The Morgan fingerprint density at radius 3 is 2.60 bits per heavy atom. The predicted octanol–water partition coefficient (Wildman–Crippen LogP) is 3.57. The molecule has 20 heavy (non-hydrogen) atoms. The van der Waals surface area contributed by atoms with Crippen LogP contribution in [-0.4, -0.2) is 19.0 Å². The number of anilines is 2. The highest BCUT2D eigenvalue weighted by Gasteiger charge is 2.13. The molecule has 0 aliphatic carbocycles. The Balaban J connectivity index is 2.09. The molecule has 0 atom stereocenters. The topological polar surface area (TPSA) is 56.1 Å². The summed E-state index contributed by atoms with van der Waals surface area (Å²) in [7, 11) is 0. The highest BCUT2D eigenvalue weighted by molar-refractivity contribution is 6.33. The molecule has 0 saturated carbocycles. The van der Waals surface area contributed by atoms with E-state index in [9.17, 15) is 4.79 Å². The fourth-order valence-electron chi connectivity index (χ4n) is 2.43. The van der Waals surface area contributed by atoms with Crippen molar-refractivity contribution in [1.82, 2.24) is 0 Å². The van der Waals surface area contributed by atoms with Gasteiger partial charge in [0.15, 0.2) is 0 Å². The van der Waals surface area contributed by atoms with E-state index >= 15 is 0 Å². The van der Waals surface area contributed by atoms with Crippen molar-refractivity contribution in [2.75, 3.05) is 23.3 Å². The van der Waals surface area contributed by atoms with Crippen LogP contribution in [0.5, 0.6) is 0 Å². The lowest BCUT2D eigenvalue weighted by Crippen LogP contribution is -2.24. The first-order chi connectivity index (χ1) is 9.70. The third-order valence-corrected chi connectivity index (χ3v) is 3.72. The number of rotatable bonds is 3. The highest BCUT2D eigenvalue weighted by atomic mass is 35.5. The van der Waals surface area contributed by atoms with Crippen LogP contribution in [0.3, 0.4) is 0 Å². The molecular weight excluding hydrogens is 274 g/mol. The molecule has 106 valence electrons. The van der Waals surface area contributed by atoms with Crippen LogP contribution in [0.25, 0.3) is 0 Å². The molecule has 0 unspecified atom stereocenters. The molecule has 0 bridgehead atoms. The van der Waals surface area contributed by atoms with Gasteiger partial charge in [0.25, 0.3) is 0 Å². The monoisotopic (exact) mass is 291 g/mol. The number of amides is 1. The van der Waals surface area contributed by atoms with Gasteiger partial charge in [-0.3, -0.25) is 4.79 Å². The zero-order valence-corrected chi connectivity index (χ0v) is 12.1. The van der Waals surface area contributed by atoms with Gasteiger partial charge in [-0.15, -0.1) is 0 Å². The van der Waals surface area contributed by atoms with E-state index in [4.69, 9.17) is 16.9 Å². The van der Waals surface area contributed by atoms with Crippen molar-refractivity contribution >= 4 is 28.9 Å². The smallest absolute Gasteiger partial charge is 0.238 e. The summed E-state index contributed by atoms with van der Waals surface area (Å²) in [5, 5.41) is 11.8. The predicted molar refractivity (Wildman–Crippen MR) is 81.0 cm³/mol. The van der Waals surface area contributed by atoms with Gasteiger partial charge in [-0.2, -0.15) is 5.26 Å². The number of nitriles is 1. The number of carbonyl (C=O) groups is 1. The van der Waals surface area contributed by atoms with E-state index in [-0.39, 0.29) is 12.3 Å². The number of hydrogen-bond acceptors (Lipinski definition) is 3. The van der Waals surface area contributed by atoms with E-state index in [1.165, 1.54) is 25.7 Å². The molecule has 1 aliphatic rings. The standard InChI is InChI=1S/C15H18ClN3O/c16-13-11-12(18-15(20)7-8-17)5-6-14(13)19-9-3-1-2-4-10-19/h5-6,11H,1-4,7,9-10H2,(H,18,20). The molecule has 2 rings (SSSR count). The van der Waals surface area contributed by atoms with E-state index in [0.29, 0.717) is 10.7 Å². The molecule has 1 fully saturated rings. The van der Waals surface area contributed by atoms with Crippen LogP contribution in [0.2, 0.25) is 5.02 Å². The van der Waals surface area contributed by atoms with Crippen LogP contribution in [0.15, 0.2) is 18.2 Å². The van der Waals surface area contributed by atoms with Gasteiger partial charge in [0.1, 0.15) is 6.42 Å². The average Bonchev–Trinajstić information content (AvgIpc) is 2.68. The quantitative estimate of drug-likeness (QED) is 0.926. The van der Waals surface area contributed by atoms with Crippen molar-refractivity contribution < 1.29 is 4.79 Å². The van der Waals surface area contributed by atoms with Crippen LogP contribution in [0, 0.1) is 11.3 Å². The summed E-state index contributed by atoms with van der Waals surface area (Å²) in [5.41, 5.74) is 1.65. The van der Waals surface area contributed by atoms with E-state index in [1.807, 2.05) is 18.2 Å². The summed E-state index contributed by atoms with van der Waals surface area (Å²) < 4.78 is 0. The molecule has 1 amide bonds. The zero-order chi connectivity index (χ0) is 14.4. The van der Waals surface area contributed by atoms with Gasteiger partial charge < -0.3 is 10.2 Å². The lowest BCUT2D eigenvalue weighted by molar-refractivity contribution is -0.115. The largest absolute Gasteiger partial charge is 0.370 e. The Bertz CT molecular complexity index is 516. The van der Waals surface area contributed by atoms with Gasteiger partial charge in [-0.25, -0.2) is 0 Å². The van der Waals surface area contributed by atoms with Gasteiger partial charge in [0, 0.05) is 18.8 Å². The Hall–Kier alpha value is -1.73. The Labute approximate surface area is 124 Å². The zero-order valence-electron chi connectivity index (χ0n) is 11.4. The Morgan fingerprint density at radius 1 is 1.30 bits per heavy atom. The van der Waals surface area contributed by atoms with Crippen LogP contribution in [0.4, 0.5) is 11.4 Å². The summed E-state index contributed by atoms with van der Waals surface area (Å²) in [6.07, 6.45) is 4.78. The van der Waals surface area contributed by atoms with Crippen molar-refractivity contribution in [2.45, 2.75) is 32.1 Å². The van der Waals surface area contributed by atoms with E-state index in [1.54, 1.807) is 6.07 Å². The second-order valence-corrected chi connectivity index (χ2v) is 5.36. The summed E-state index contributed by atoms with van der Waals surface area (Å²) in [6.45, 7) is 2.06. The second-order valence-electron chi connectivity index (χ2n) is 4.95. The molecule has 0 aromatic heterocycles. The maximum atomic E-state index is 11.4. The normalized spacial score (nSPS) is 15.3. The van der Waals surface area contributed by atoms with Gasteiger partial charge in [-0.05, 0) is 31.0 Å². The number of halogens is 1. The average molecular weight is 292 g/mol. The molecule has 1 aliphatic heterocycles. The fraction of sp³-hybridized carbons (Fsp3) is 0.467. The molecule has 1 saturated heterocycles. The molecule has 4 nitrogen and oxygen atoms in total. The minimum Gasteiger partial charge on any atom is -0.370 e. The van der Waals surface area contributed by atoms with E-state index < -0.39 is 0 Å². The lowest BCUT2D eigenvalue weighted by Gasteiger charge is -2.24. The van der Waals surface area contributed by atoms with Crippen LogP contribution < -0.4 is 10.2 Å². The van der Waals surface area contributed by atoms with Crippen molar-refractivity contribution in [2.24, 2.45) is 0 Å². The number of hydrogen-bond donors (Lipinski definition) is 1. The Kier molecular flexibility index (Phi) is 5.25. The van der Waals surface area contributed by atoms with Crippen molar-refractivity contribution in [3.05, 3.63) is 23.2 Å². The van der Waals surface area contributed by atoms with Crippen molar-refractivity contribution in [3.63, 3.8) is 0 Å². The minimum atomic E-state index is -0.314. The summed E-state index contributed by atoms with van der Waals surface area (Å²) in [6, 6.07) is 7.34. The molecule has 1 aromatic rings. The summed E-state index contributed by atoms with van der Waals surface area (Å²) in [5.74, 6) is -0.314. The highest BCUT2D eigenvalue weighted by Crippen LogP contribution is 2.30. The van der Waals surface area contributed by atoms with E-state index in [2.05, 4.69) is 10.2 Å². The van der Waals surface area contributed by atoms with Crippen LogP contribution in [0.1, 0.15) is 32.1 Å². The van der Waals surface area contributed by atoms with Gasteiger partial charge in [0.2, 0.25) is 5.91 Å². The van der Waals surface area contributed by atoms with E-state index in [0.717, 1.165) is 18.8 Å². The van der Waals surface area contributed by atoms with Gasteiger partial charge >= 0.3 is 0 Å². The fourth-order valence-corrected chi connectivity index (χ4v) is 2.73. The first kappa shape index (κ1) is 14.7. The summed E-state index contributed by atoms with van der Waals surface area (Å²) in [4.78, 5) is 13.7. The minimum absolute atomic E-state index is 0.147. The second kappa shape index (κ2) is 7.16. The molecular formula is C15H18ClN3O. The SMILES string of the molecule is N#CCC(=O)Nc1ccc(N2CCCCCC2)c(Cl)c1. The first-order valence-corrected chi connectivity index (χ1v) is 7.30. The van der Waals surface area contributed by atoms with Gasteiger partial charge in [0.05, 0.1) is 16.8 Å². The molecule has 1 aromatic carbocycles. The van der Waals surface area contributed by atoms with Crippen molar-refractivity contribution in [3.8, 4) is 6.07 Å². The third-order valence-electron chi connectivity index (χ3n) is 3.42. The molecule has 1 heterocycles. The Morgan fingerprint density at radius 2 is 2.00 bits per heavy atom. The first-order valence-electron chi connectivity index (χ1n) is 6.92. The van der Waals surface area contributed by atoms with Crippen LogP contribution >= 0.6 is 11.6 Å². The number of carbonyl (C=O) groups excluding carboxylic acids is 1. The molecule has 5 heteroatoms. The molecule has 1 N–H and O–H groups in total. The van der Waals surface area contributed by atoms with Gasteiger partial charge in [-0.1, -0.05) is 24.4 Å². The maximum Gasteiger partial charge on any atom is 0.238 e. The van der Waals surface area contributed by atoms with Crippen molar-refractivity contribution in [1.29, 1.82) is 5.26 Å².